The van der Waals surface area contributed by atoms with Gasteiger partial charge in [-0.25, -0.2) is 4.57 Å². The van der Waals surface area contributed by atoms with E-state index in [-0.39, 0.29) is 39.2 Å². The van der Waals surface area contributed by atoms with Gasteiger partial charge in [-0.2, -0.15) is 0 Å². The fraction of sp³-hybridized carbons (Fsp3) is 0.707. The molecule has 0 spiro atoms. The molecule has 0 aromatic heterocycles. The number of aliphatic hydroxyl groups is 1. The van der Waals surface area contributed by atoms with Gasteiger partial charge in [0.25, 0.3) is 0 Å². The van der Waals surface area contributed by atoms with Crippen LogP contribution in [0.4, 0.5) is 0 Å². The van der Waals surface area contributed by atoms with Crippen LogP contribution >= 0.6 is 7.82 Å². The molecule has 0 aliphatic carbocycles. The fourth-order valence-corrected chi connectivity index (χ4v) is 5.72. The van der Waals surface area contributed by atoms with E-state index in [0.29, 0.717) is 19.3 Å². The number of allylic oxidation sites excluding steroid dienone is 10. The van der Waals surface area contributed by atoms with Crippen molar-refractivity contribution in [2.45, 2.75) is 154 Å². The molecule has 0 aliphatic rings. The quantitative estimate of drug-likeness (QED) is 0.0242. The molecular weight excluding hydrogens is 681 g/mol. The van der Waals surface area contributed by atoms with Crippen molar-refractivity contribution in [2.24, 2.45) is 5.73 Å². The molecule has 4 N–H and O–H groups in total. The van der Waals surface area contributed by atoms with Crippen LogP contribution in [0.15, 0.2) is 60.8 Å². The van der Waals surface area contributed by atoms with Gasteiger partial charge in [0, 0.05) is 26.0 Å². The van der Waals surface area contributed by atoms with Crippen LogP contribution in [0.5, 0.6) is 0 Å². The van der Waals surface area contributed by atoms with E-state index >= 15 is 0 Å². The Morgan fingerprint density at radius 2 is 1.10 bits per heavy atom. The molecule has 300 valence electrons. The smallest absolute Gasteiger partial charge is 0.462 e. The molecule has 10 nitrogen and oxygen atoms in total. The number of esters is 2. The lowest BCUT2D eigenvalue weighted by atomic mass is 10.1. The van der Waals surface area contributed by atoms with Crippen molar-refractivity contribution in [2.75, 3.05) is 33.0 Å². The third kappa shape index (κ3) is 37.4. The number of phosphoric acid groups is 1. The number of nitrogens with two attached hydrogens (primary N) is 1. The zero-order valence-electron chi connectivity index (χ0n) is 32.2. The Bertz CT molecular complexity index is 1040. The van der Waals surface area contributed by atoms with E-state index < -0.39 is 32.5 Å². The van der Waals surface area contributed by atoms with Crippen LogP contribution in [0.25, 0.3) is 0 Å². The zero-order valence-corrected chi connectivity index (χ0v) is 33.1. The molecule has 0 bridgehead atoms. The molecule has 0 saturated carbocycles. The highest BCUT2D eigenvalue weighted by Gasteiger charge is 2.25. The van der Waals surface area contributed by atoms with Crippen molar-refractivity contribution >= 4 is 19.8 Å². The Labute approximate surface area is 315 Å². The summed E-state index contributed by atoms with van der Waals surface area (Å²) in [6, 6.07) is 0. The molecule has 52 heavy (non-hydrogen) atoms. The number of rotatable bonds is 37. The molecule has 0 aromatic carbocycles. The highest BCUT2D eigenvalue weighted by molar-refractivity contribution is 7.47. The van der Waals surface area contributed by atoms with Gasteiger partial charge in [-0.05, 0) is 83.5 Å². The first-order chi connectivity index (χ1) is 25.3. The monoisotopic (exact) mass is 753 g/mol. The van der Waals surface area contributed by atoms with Crippen molar-refractivity contribution < 1.29 is 42.7 Å². The van der Waals surface area contributed by atoms with Gasteiger partial charge in [0.1, 0.15) is 6.61 Å². The first-order valence-corrected chi connectivity index (χ1v) is 21.4. The molecule has 11 heteroatoms. The minimum Gasteiger partial charge on any atom is -0.462 e. The van der Waals surface area contributed by atoms with Gasteiger partial charge in [0.15, 0.2) is 6.10 Å². The number of unbranched alkanes of at least 4 members (excludes halogenated alkanes) is 13. The summed E-state index contributed by atoms with van der Waals surface area (Å²) in [6.45, 7) is 1.62. The molecule has 0 saturated heterocycles. The maximum Gasteiger partial charge on any atom is 0.472 e. The van der Waals surface area contributed by atoms with Crippen molar-refractivity contribution in [3.63, 3.8) is 0 Å². The van der Waals surface area contributed by atoms with Crippen LogP contribution in [0.2, 0.25) is 0 Å². The normalized spacial score (nSPS) is 14.0. The van der Waals surface area contributed by atoms with Crippen LogP contribution in [0, 0.1) is 0 Å². The Hall–Kier alpha value is -2.33. The summed E-state index contributed by atoms with van der Waals surface area (Å²) in [5.74, 6) is -0.925. The van der Waals surface area contributed by atoms with Gasteiger partial charge in [-0.1, -0.05) is 113 Å². The molecule has 0 amide bonds. The summed E-state index contributed by atoms with van der Waals surface area (Å²) >= 11 is 0. The lowest BCUT2D eigenvalue weighted by molar-refractivity contribution is -0.161. The second-order valence-electron chi connectivity index (χ2n) is 12.9. The molecular formula is C41H72NO9P. The van der Waals surface area contributed by atoms with Crippen molar-refractivity contribution in [1.82, 2.24) is 0 Å². The Balaban J connectivity index is 4.33. The largest absolute Gasteiger partial charge is 0.472 e. The summed E-state index contributed by atoms with van der Waals surface area (Å²) in [6.07, 6.45) is 41.3. The molecule has 1 unspecified atom stereocenters. The van der Waals surface area contributed by atoms with Gasteiger partial charge in [-0.15, -0.1) is 0 Å². The van der Waals surface area contributed by atoms with Crippen LogP contribution in [0.3, 0.4) is 0 Å². The summed E-state index contributed by atoms with van der Waals surface area (Å²) in [7, 11) is -4.40. The molecule has 0 rings (SSSR count). The summed E-state index contributed by atoms with van der Waals surface area (Å²) in [5, 5.41) is 8.78. The van der Waals surface area contributed by atoms with E-state index in [4.69, 9.17) is 29.4 Å². The minimum atomic E-state index is -4.40. The molecule has 0 aliphatic heterocycles. The second kappa shape index (κ2) is 38.4. The van der Waals surface area contributed by atoms with Gasteiger partial charge in [-0.3, -0.25) is 18.6 Å². The molecule has 0 heterocycles. The van der Waals surface area contributed by atoms with Gasteiger partial charge in [0.05, 0.1) is 13.2 Å². The first-order valence-electron chi connectivity index (χ1n) is 19.9. The first kappa shape index (κ1) is 49.7. The highest BCUT2D eigenvalue weighted by Crippen LogP contribution is 2.43. The fourth-order valence-electron chi connectivity index (χ4n) is 4.95. The lowest BCUT2D eigenvalue weighted by Crippen LogP contribution is -2.29. The number of ether oxygens (including phenoxy) is 2. The summed E-state index contributed by atoms with van der Waals surface area (Å²) in [5.41, 5.74) is 5.33. The van der Waals surface area contributed by atoms with E-state index in [1.54, 1.807) is 0 Å². The molecule has 0 radical (unpaired) electrons. The highest BCUT2D eigenvalue weighted by atomic mass is 31.2. The van der Waals surface area contributed by atoms with Crippen molar-refractivity contribution in [1.29, 1.82) is 0 Å². The van der Waals surface area contributed by atoms with Crippen molar-refractivity contribution in [3.8, 4) is 0 Å². The van der Waals surface area contributed by atoms with Gasteiger partial charge in [0.2, 0.25) is 0 Å². The van der Waals surface area contributed by atoms with E-state index in [1.807, 2.05) is 6.08 Å². The van der Waals surface area contributed by atoms with Gasteiger partial charge >= 0.3 is 19.8 Å². The van der Waals surface area contributed by atoms with Crippen LogP contribution in [0.1, 0.15) is 148 Å². The Morgan fingerprint density at radius 3 is 1.67 bits per heavy atom. The number of hydrogen-bond donors (Lipinski definition) is 3. The minimum absolute atomic E-state index is 0.0366. The lowest BCUT2D eigenvalue weighted by Gasteiger charge is -2.19. The topological polar surface area (TPSA) is 155 Å². The van der Waals surface area contributed by atoms with E-state index in [9.17, 15) is 19.0 Å². The third-order valence-electron chi connectivity index (χ3n) is 7.93. The van der Waals surface area contributed by atoms with Crippen LogP contribution in [-0.2, 0) is 32.7 Å². The van der Waals surface area contributed by atoms with Crippen molar-refractivity contribution in [3.05, 3.63) is 60.8 Å². The Kier molecular flexibility index (Phi) is 36.7. The number of carbonyl (C=O) groups excluding carboxylic acids is 2. The standard InChI is InChI=1S/C41H72NO9P/c1-2-3-4-5-6-7-8-14-17-20-23-26-29-32-40(44)48-37-39(38-50-52(46,47)49-36-34-42)51-41(45)33-30-27-24-21-18-15-12-10-9-11-13-16-19-22-25-28-31-35-43/h7-9,11-12,15-16,19,21,24,39,43H,2-6,10,13-14,17-18,20,22-23,25-38,42H2,1H3,(H,46,47)/b8-7-,11-9-,15-12-,19-16-,24-21-/t39-/m1/s1. The summed E-state index contributed by atoms with van der Waals surface area (Å²) < 4.78 is 32.6. The molecule has 0 aromatic rings. The zero-order chi connectivity index (χ0) is 38.2. The Morgan fingerprint density at radius 1 is 0.615 bits per heavy atom. The number of phosphoric ester groups is 1. The number of hydrogen-bond acceptors (Lipinski definition) is 9. The predicted octanol–water partition coefficient (Wildman–Crippen LogP) is 9.91. The molecule has 2 atom stereocenters. The third-order valence-corrected chi connectivity index (χ3v) is 8.91. The molecule has 0 fully saturated rings. The average molecular weight is 754 g/mol. The van der Waals surface area contributed by atoms with E-state index in [1.165, 1.54) is 32.1 Å². The van der Waals surface area contributed by atoms with Gasteiger partial charge < -0.3 is 25.2 Å². The SMILES string of the molecule is CCCCCC/C=C\CCCCCCCC(=O)OC[C@H](COP(=O)(O)OCCN)OC(=O)CCC/C=C\C/C=C\C/C=C\C/C=C\CCCCCO. The summed E-state index contributed by atoms with van der Waals surface area (Å²) in [4.78, 5) is 34.7. The maximum atomic E-state index is 12.5. The van der Waals surface area contributed by atoms with Crippen LogP contribution in [-0.4, -0.2) is 61.0 Å². The predicted molar refractivity (Wildman–Crippen MR) is 212 cm³/mol. The average Bonchev–Trinajstić information content (AvgIpc) is 3.13. The van der Waals surface area contributed by atoms with Crippen LogP contribution < -0.4 is 5.73 Å². The number of carbonyl (C=O) groups is 2. The second-order valence-corrected chi connectivity index (χ2v) is 14.3. The number of aliphatic hydroxyl groups excluding tert-OH is 1. The van der Waals surface area contributed by atoms with E-state index in [0.717, 1.165) is 77.0 Å². The van der Waals surface area contributed by atoms with E-state index in [2.05, 4.69) is 61.6 Å². The maximum absolute atomic E-state index is 12.5.